The summed E-state index contributed by atoms with van der Waals surface area (Å²) in [6.07, 6.45) is 8.43. The zero-order chi connectivity index (χ0) is 83.1. The van der Waals surface area contributed by atoms with Crippen molar-refractivity contribution in [2.75, 3.05) is 85.8 Å². The number of hydrogen-bond acceptors (Lipinski definition) is 27. The van der Waals surface area contributed by atoms with Crippen LogP contribution in [0.15, 0.2) is 0 Å². The van der Waals surface area contributed by atoms with Gasteiger partial charge in [-0.25, -0.2) is 0 Å². The van der Waals surface area contributed by atoms with Crippen molar-refractivity contribution in [3.05, 3.63) is 0 Å². The van der Waals surface area contributed by atoms with E-state index in [1.165, 1.54) is 0 Å². The highest BCUT2D eigenvalue weighted by Crippen LogP contribution is 2.33. The SMILES string of the molecule is CC1C(CCCCCC(=O)CCCCCC(=O)CCOCC(COCCC(=O)CCCCCC(=O)CCCCOC2OC(CO)C(O)C(O)C2C)(COCCC(=O)CCCCCC(=O)CCCCOC2OC(CO)C(O)C(O)C2C)CC(=O)CCCCCCCCC(=O)N2C[C@H](O)C[C@H]2COC(C)(C)C)OC(CO)C(O)C1O. The van der Waals surface area contributed by atoms with E-state index in [1.54, 1.807) is 18.7 Å². The Balaban J connectivity index is 1.28. The normalized spacial score (nSPS) is 26.7. The second kappa shape index (κ2) is 57.5. The molecule has 4 heterocycles. The van der Waals surface area contributed by atoms with E-state index in [2.05, 4.69) is 0 Å². The van der Waals surface area contributed by atoms with Crippen molar-refractivity contribution in [1.29, 1.82) is 0 Å². The second-order valence-corrected chi connectivity index (χ2v) is 33.8. The zero-order valence-corrected chi connectivity index (χ0v) is 69.4. The maximum Gasteiger partial charge on any atom is 0.222 e. The van der Waals surface area contributed by atoms with Crippen molar-refractivity contribution in [3.63, 3.8) is 0 Å². The fraction of sp³-hybridized carbons (Fsp3) is 0.906. The average Bonchev–Trinajstić information content (AvgIpc) is 1.53. The third kappa shape index (κ3) is 41.3. The average molecular weight is 1620 g/mol. The topological polar surface area (TPSA) is 425 Å². The number of Topliss-reactive ketones (excluding diaryl/α,β-unsaturated/α-hetero) is 7. The first-order valence-corrected chi connectivity index (χ1v) is 43.1. The van der Waals surface area contributed by atoms with Crippen molar-refractivity contribution in [2.24, 2.45) is 23.2 Å². The number of carbonyl (C=O) groups excluding carboxylic acids is 8. The zero-order valence-electron chi connectivity index (χ0n) is 69.4. The van der Waals surface area contributed by atoms with Gasteiger partial charge >= 0.3 is 0 Å². The molecule has 0 bridgehead atoms. The van der Waals surface area contributed by atoms with E-state index in [1.807, 2.05) is 27.7 Å². The van der Waals surface area contributed by atoms with Gasteiger partial charge in [-0.15, -0.1) is 0 Å². The fourth-order valence-corrected chi connectivity index (χ4v) is 15.1. The van der Waals surface area contributed by atoms with Gasteiger partial charge in [-0.2, -0.15) is 0 Å². The van der Waals surface area contributed by atoms with Crippen LogP contribution in [0, 0.1) is 23.2 Å². The number of β-amino-alcohol motifs (C(OH)–C–C–N with tert-alkyl or cyclic N) is 1. The van der Waals surface area contributed by atoms with Crippen molar-refractivity contribution < 1.29 is 132 Å². The van der Waals surface area contributed by atoms with E-state index in [0.717, 1.165) is 38.5 Å². The molecule has 28 heteroatoms. The predicted octanol–water partition coefficient (Wildman–Crippen LogP) is 7.91. The summed E-state index contributed by atoms with van der Waals surface area (Å²) in [4.78, 5) is 107. The summed E-state index contributed by atoms with van der Waals surface area (Å²) in [5.41, 5.74) is -1.42. The molecule has 656 valence electrons. The first-order chi connectivity index (χ1) is 54.0. The first kappa shape index (κ1) is 102. The lowest BCUT2D eigenvalue weighted by molar-refractivity contribution is -0.282. The minimum absolute atomic E-state index is 0.00151. The summed E-state index contributed by atoms with van der Waals surface area (Å²) in [5, 5.41) is 100. The van der Waals surface area contributed by atoms with Gasteiger partial charge in [0.05, 0.1) is 108 Å². The Kier molecular flexibility index (Phi) is 51.8. The highest BCUT2D eigenvalue weighted by atomic mass is 16.7. The molecule has 0 aromatic heterocycles. The minimum atomic E-state index is -1.22. The molecule has 28 nitrogen and oxygen atoms in total. The quantitative estimate of drug-likeness (QED) is 0.0258. The standard InChI is InChI=1S/C85H149NO27/c1-59-71(111-72(52-87)79(102)76(59)99)39-23-14-22-32-63(90)29-16-11-19-33-66(93)41-46-105-56-85(50-69(96)38-15-9-7-8-10-24-40-75(98)86-51-70(97)49-62(86)55-110-84(4,5)6,57-106-47-42-67(94)34-20-12-17-30-64(91)36-25-27-44-108-82-60(2)77(100)80(103)73(53-88)112-82)58-107-48-43-68(95)35-21-13-18-31-65(92)37-26-28-45-109-83-61(3)78(101)81(104)74(54-89)113-83/h59-62,70-74,76-83,87-89,97,99-104H,7-58H2,1-6H3/t59?,60?,61?,62-,70+,71?,72?,73?,74?,76?,77?,78?,79?,80?,81?,82?,83?,85?/m0/s1. The summed E-state index contributed by atoms with van der Waals surface area (Å²) in [6, 6.07) is -0.162. The number of rotatable bonds is 67. The number of nitrogens with zero attached hydrogens (tertiary/aromatic N) is 1. The maximum atomic E-state index is 14.2. The van der Waals surface area contributed by atoms with Crippen LogP contribution in [-0.2, 0) is 81.0 Å². The lowest BCUT2D eigenvalue weighted by Crippen LogP contribution is -2.55. The van der Waals surface area contributed by atoms with Crippen LogP contribution in [0.25, 0.3) is 0 Å². The van der Waals surface area contributed by atoms with Crippen LogP contribution < -0.4 is 0 Å². The van der Waals surface area contributed by atoms with Crippen molar-refractivity contribution in [2.45, 2.75) is 383 Å². The Morgan fingerprint density at radius 3 is 1.06 bits per heavy atom. The minimum Gasteiger partial charge on any atom is -0.394 e. The molecule has 4 rings (SSSR count). The number of ketones is 7. The van der Waals surface area contributed by atoms with E-state index < -0.39 is 104 Å². The Hall–Kier alpha value is -3.60. The van der Waals surface area contributed by atoms with Gasteiger partial charge in [0.25, 0.3) is 0 Å². The molecular weight excluding hydrogens is 1470 g/mol. The molecule has 0 aromatic rings. The molecule has 15 unspecified atom stereocenters. The highest BCUT2D eigenvalue weighted by molar-refractivity contribution is 5.81. The van der Waals surface area contributed by atoms with Gasteiger partial charge in [0, 0.05) is 139 Å². The molecule has 4 saturated heterocycles. The first-order valence-electron chi connectivity index (χ1n) is 43.1. The molecule has 4 fully saturated rings. The molecule has 4 aliphatic rings. The molecule has 0 aliphatic carbocycles. The summed E-state index contributed by atoms with van der Waals surface area (Å²) in [6.45, 7) is 11.1. The Bertz CT molecular complexity index is 2440. The predicted molar refractivity (Wildman–Crippen MR) is 420 cm³/mol. The van der Waals surface area contributed by atoms with Gasteiger partial charge in [-0.3, -0.25) is 38.4 Å². The number of aliphatic hydroxyl groups is 10. The van der Waals surface area contributed by atoms with Crippen molar-refractivity contribution >= 4 is 46.4 Å². The van der Waals surface area contributed by atoms with Crippen molar-refractivity contribution in [3.8, 4) is 0 Å². The molecule has 0 saturated carbocycles. The lowest BCUT2D eigenvalue weighted by Gasteiger charge is -2.41. The molecule has 17 atom stereocenters. The number of amides is 1. The molecule has 0 spiro atoms. The summed E-state index contributed by atoms with van der Waals surface area (Å²) in [7, 11) is 0. The van der Waals surface area contributed by atoms with E-state index in [0.29, 0.717) is 193 Å². The third-order valence-corrected chi connectivity index (χ3v) is 22.6. The largest absolute Gasteiger partial charge is 0.394 e. The van der Waals surface area contributed by atoms with Crippen LogP contribution in [0.2, 0.25) is 0 Å². The van der Waals surface area contributed by atoms with Gasteiger partial charge in [0.15, 0.2) is 12.6 Å². The molecule has 113 heavy (non-hydrogen) atoms. The van der Waals surface area contributed by atoms with Crippen LogP contribution in [0.4, 0.5) is 0 Å². The molecular formula is C85H149NO27. The van der Waals surface area contributed by atoms with E-state index in [9.17, 15) is 89.4 Å². The summed E-state index contributed by atoms with van der Waals surface area (Å²) >= 11 is 0. The second-order valence-electron chi connectivity index (χ2n) is 33.8. The summed E-state index contributed by atoms with van der Waals surface area (Å²) in [5.74, 6) is -1.02. The van der Waals surface area contributed by atoms with Crippen molar-refractivity contribution in [1.82, 2.24) is 4.90 Å². The van der Waals surface area contributed by atoms with Crippen LogP contribution >= 0.6 is 0 Å². The fourth-order valence-electron chi connectivity index (χ4n) is 15.1. The number of carbonyl (C=O) groups is 8. The smallest absolute Gasteiger partial charge is 0.222 e. The Morgan fingerprint density at radius 1 is 0.363 bits per heavy atom. The van der Waals surface area contributed by atoms with E-state index in [4.69, 9.17) is 42.6 Å². The number of aliphatic hydroxyl groups excluding tert-OH is 10. The molecule has 0 radical (unpaired) electrons. The number of likely N-dealkylation sites (tertiary alicyclic amines) is 1. The molecule has 1 amide bonds. The number of ether oxygens (including phenoxy) is 9. The van der Waals surface area contributed by atoms with Crippen LogP contribution in [0.5, 0.6) is 0 Å². The molecule has 4 aliphatic heterocycles. The van der Waals surface area contributed by atoms with Crippen LogP contribution in [-0.4, -0.2) is 280 Å². The Labute approximate surface area is 672 Å². The van der Waals surface area contributed by atoms with Gasteiger partial charge in [0.1, 0.15) is 77.1 Å². The highest BCUT2D eigenvalue weighted by Gasteiger charge is 2.45. The third-order valence-electron chi connectivity index (χ3n) is 22.6. The van der Waals surface area contributed by atoms with Crippen LogP contribution in [0.1, 0.15) is 292 Å². The maximum absolute atomic E-state index is 14.2. The number of hydrogen-bond donors (Lipinski definition) is 10. The molecule has 0 aromatic carbocycles. The Morgan fingerprint density at radius 2 is 0.681 bits per heavy atom. The van der Waals surface area contributed by atoms with E-state index in [-0.39, 0.29) is 162 Å². The van der Waals surface area contributed by atoms with Gasteiger partial charge in [0.2, 0.25) is 5.91 Å². The van der Waals surface area contributed by atoms with E-state index >= 15 is 0 Å². The lowest BCUT2D eigenvalue weighted by atomic mass is 9.83. The monoisotopic (exact) mass is 1620 g/mol. The number of unbranched alkanes of at least 4 members (excludes halogenated alkanes) is 15. The molecule has 10 N–H and O–H groups in total. The van der Waals surface area contributed by atoms with Gasteiger partial charge in [-0.05, 0) is 117 Å². The van der Waals surface area contributed by atoms with Gasteiger partial charge in [-0.1, -0.05) is 78.6 Å². The summed E-state index contributed by atoms with van der Waals surface area (Å²) < 4.78 is 53.4. The van der Waals surface area contributed by atoms with Gasteiger partial charge < -0.3 is 98.6 Å². The van der Waals surface area contributed by atoms with Crippen LogP contribution in [0.3, 0.4) is 0 Å².